The van der Waals surface area contributed by atoms with E-state index in [0.29, 0.717) is 6.42 Å². The van der Waals surface area contributed by atoms with Gasteiger partial charge in [-0.2, -0.15) is 0 Å². The smallest absolute Gasteiger partial charge is 0.399 e. The van der Waals surface area contributed by atoms with Crippen LogP contribution in [0.5, 0.6) is 0 Å². The fraction of sp³-hybridized carbons (Fsp3) is 0.632. The van der Waals surface area contributed by atoms with Crippen molar-refractivity contribution in [3.05, 3.63) is 29.8 Å². The second kappa shape index (κ2) is 6.53. The first-order valence-corrected chi connectivity index (χ1v) is 9.01. The van der Waals surface area contributed by atoms with Crippen LogP contribution >= 0.6 is 0 Å². The van der Waals surface area contributed by atoms with Crippen LogP contribution in [0.2, 0.25) is 0 Å². The van der Waals surface area contributed by atoms with E-state index in [9.17, 15) is 4.79 Å². The Labute approximate surface area is 145 Å². The molecule has 2 aliphatic rings. The van der Waals surface area contributed by atoms with E-state index >= 15 is 0 Å². The maximum atomic E-state index is 12.3. The molecule has 24 heavy (non-hydrogen) atoms. The van der Waals surface area contributed by atoms with E-state index in [4.69, 9.17) is 9.31 Å². The first-order chi connectivity index (χ1) is 11.3. The highest BCUT2D eigenvalue weighted by molar-refractivity contribution is 6.62. The van der Waals surface area contributed by atoms with Crippen LogP contribution in [0, 0.1) is 0 Å². The molecule has 0 unspecified atom stereocenters. The van der Waals surface area contributed by atoms with Crippen molar-refractivity contribution in [3.8, 4) is 0 Å². The van der Waals surface area contributed by atoms with Crippen LogP contribution in [-0.4, -0.2) is 42.2 Å². The monoisotopic (exact) mass is 329 g/mol. The molecule has 0 spiro atoms. The van der Waals surface area contributed by atoms with E-state index in [1.807, 2.05) is 17.0 Å². The summed E-state index contributed by atoms with van der Waals surface area (Å²) >= 11 is 0. The Hall–Kier alpha value is -1.33. The minimum atomic E-state index is -0.368. The molecule has 2 aliphatic heterocycles. The molecule has 130 valence electrons. The van der Waals surface area contributed by atoms with Crippen molar-refractivity contribution in [2.45, 2.75) is 64.6 Å². The highest BCUT2D eigenvalue weighted by Crippen LogP contribution is 2.36. The standard InChI is InChI=1S/C19H28BNO3/c1-18(2)19(3,4)24-20(23-18)16-10-6-5-9-15(16)11-12-17(22)21-13-7-8-14-21/h5-6,9-10H,7-8,11-14H2,1-4H3. The summed E-state index contributed by atoms with van der Waals surface area (Å²) < 4.78 is 12.4. The molecule has 0 N–H and O–H groups in total. The zero-order chi connectivity index (χ0) is 17.4. The highest BCUT2D eigenvalue weighted by Gasteiger charge is 2.52. The van der Waals surface area contributed by atoms with E-state index < -0.39 is 0 Å². The Morgan fingerprint density at radius 2 is 1.67 bits per heavy atom. The van der Waals surface area contributed by atoms with Crippen molar-refractivity contribution in [2.75, 3.05) is 13.1 Å². The fourth-order valence-corrected chi connectivity index (χ4v) is 3.33. The largest absolute Gasteiger partial charge is 0.495 e. The molecule has 0 aromatic heterocycles. The van der Waals surface area contributed by atoms with Gasteiger partial charge in [0, 0.05) is 19.5 Å². The maximum Gasteiger partial charge on any atom is 0.495 e. The second-order valence-electron chi connectivity index (χ2n) is 7.87. The van der Waals surface area contributed by atoms with Gasteiger partial charge >= 0.3 is 7.12 Å². The van der Waals surface area contributed by atoms with Crippen LogP contribution in [-0.2, 0) is 20.5 Å². The van der Waals surface area contributed by atoms with Crippen molar-refractivity contribution in [3.63, 3.8) is 0 Å². The van der Waals surface area contributed by atoms with Crippen molar-refractivity contribution in [2.24, 2.45) is 0 Å². The van der Waals surface area contributed by atoms with Gasteiger partial charge in [0.15, 0.2) is 0 Å². The quantitative estimate of drug-likeness (QED) is 0.797. The Balaban J connectivity index is 1.71. The van der Waals surface area contributed by atoms with Crippen molar-refractivity contribution < 1.29 is 14.1 Å². The van der Waals surface area contributed by atoms with E-state index in [1.165, 1.54) is 0 Å². The zero-order valence-corrected chi connectivity index (χ0v) is 15.3. The summed E-state index contributed by atoms with van der Waals surface area (Å²) in [5.74, 6) is 0.260. The summed E-state index contributed by atoms with van der Waals surface area (Å²) in [4.78, 5) is 14.3. The molecule has 1 aromatic carbocycles. The van der Waals surface area contributed by atoms with Gasteiger partial charge in [0.05, 0.1) is 11.2 Å². The fourth-order valence-electron chi connectivity index (χ4n) is 3.33. The maximum absolute atomic E-state index is 12.3. The van der Waals surface area contributed by atoms with E-state index in [2.05, 4.69) is 39.8 Å². The van der Waals surface area contributed by atoms with Crippen molar-refractivity contribution >= 4 is 18.5 Å². The van der Waals surface area contributed by atoms with Gasteiger partial charge < -0.3 is 14.2 Å². The Kier molecular flexibility index (Phi) is 4.76. The van der Waals surface area contributed by atoms with Gasteiger partial charge in [-0.05, 0) is 58.0 Å². The molecule has 2 saturated heterocycles. The first-order valence-electron chi connectivity index (χ1n) is 9.01. The number of carbonyl (C=O) groups excluding carboxylic acids is 1. The number of rotatable bonds is 4. The Bertz CT molecular complexity index is 592. The summed E-state index contributed by atoms with van der Waals surface area (Å²) in [7, 11) is -0.368. The van der Waals surface area contributed by atoms with Crippen LogP contribution in [0.25, 0.3) is 0 Å². The van der Waals surface area contributed by atoms with Crippen LogP contribution in [0.15, 0.2) is 24.3 Å². The van der Waals surface area contributed by atoms with E-state index in [1.54, 1.807) is 0 Å². The number of amides is 1. The summed E-state index contributed by atoms with van der Waals surface area (Å²) in [6.45, 7) is 10.1. The minimum Gasteiger partial charge on any atom is -0.399 e. The number of nitrogens with zero attached hydrogens (tertiary/aromatic N) is 1. The van der Waals surface area contributed by atoms with Crippen LogP contribution in [0.1, 0.15) is 52.5 Å². The first kappa shape index (κ1) is 17.5. The molecule has 2 heterocycles. The second-order valence-corrected chi connectivity index (χ2v) is 7.87. The number of aryl methyl sites for hydroxylation is 1. The third-order valence-corrected chi connectivity index (χ3v) is 5.63. The van der Waals surface area contributed by atoms with E-state index in [0.717, 1.165) is 43.4 Å². The van der Waals surface area contributed by atoms with E-state index in [-0.39, 0.29) is 24.2 Å². The summed E-state index contributed by atoms with van der Waals surface area (Å²) in [6.07, 6.45) is 3.55. The van der Waals surface area contributed by atoms with Crippen molar-refractivity contribution in [1.82, 2.24) is 4.90 Å². The van der Waals surface area contributed by atoms with Gasteiger partial charge in [-0.1, -0.05) is 24.3 Å². The molecule has 1 aromatic rings. The average Bonchev–Trinajstić information content (AvgIpc) is 3.12. The average molecular weight is 329 g/mol. The topological polar surface area (TPSA) is 38.8 Å². The summed E-state index contributed by atoms with van der Waals surface area (Å²) in [5, 5.41) is 0. The zero-order valence-electron chi connectivity index (χ0n) is 15.3. The molecule has 5 heteroatoms. The number of carbonyl (C=O) groups is 1. The molecule has 0 atom stereocenters. The summed E-state index contributed by atoms with van der Waals surface area (Å²) in [6, 6.07) is 8.16. The molecule has 3 rings (SSSR count). The lowest BCUT2D eigenvalue weighted by Gasteiger charge is -2.32. The van der Waals surface area contributed by atoms with Crippen molar-refractivity contribution in [1.29, 1.82) is 0 Å². The highest BCUT2D eigenvalue weighted by atomic mass is 16.7. The normalized spacial score (nSPS) is 22.2. The predicted octanol–water partition coefficient (Wildman–Crippen LogP) is 2.54. The SMILES string of the molecule is CC1(C)OB(c2ccccc2CCC(=O)N2CCCC2)OC1(C)C. The lowest BCUT2D eigenvalue weighted by atomic mass is 9.75. The molecule has 2 fully saturated rings. The Morgan fingerprint density at radius 3 is 2.29 bits per heavy atom. The van der Waals surface area contributed by atoms with Gasteiger partial charge in [0.2, 0.25) is 5.91 Å². The molecule has 0 bridgehead atoms. The van der Waals surface area contributed by atoms with Crippen LogP contribution < -0.4 is 5.46 Å². The third kappa shape index (κ3) is 3.38. The number of hydrogen-bond donors (Lipinski definition) is 0. The Morgan fingerprint density at radius 1 is 1.08 bits per heavy atom. The lowest BCUT2D eigenvalue weighted by Crippen LogP contribution is -2.41. The molecule has 4 nitrogen and oxygen atoms in total. The van der Waals surface area contributed by atoms with Gasteiger partial charge in [-0.25, -0.2) is 0 Å². The van der Waals surface area contributed by atoms with Gasteiger partial charge in [-0.3, -0.25) is 4.79 Å². The minimum absolute atomic E-state index is 0.260. The summed E-state index contributed by atoms with van der Waals surface area (Å²) in [5.41, 5.74) is 1.49. The number of likely N-dealkylation sites (tertiary alicyclic amines) is 1. The predicted molar refractivity (Wildman–Crippen MR) is 96.3 cm³/mol. The molecular weight excluding hydrogens is 301 g/mol. The lowest BCUT2D eigenvalue weighted by molar-refractivity contribution is -0.130. The van der Waals surface area contributed by atoms with Gasteiger partial charge in [0.1, 0.15) is 0 Å². The molecule has 0 aliphatic carbocycles. The third-order valence-electron chi connectivity index (χ3n) is 5.63. The van der Waals surface area contributed by atoms with Crippen LogP contribution in [0.3, 0.4) is 0 Å². The number of hydrogen-bond acceptors (Lipinski definition) is 3. The van der Waals surface area contributed by atoms with Crippen LogP contribution in [0.4, 0.5) is 0 Å². The molecule has 1 amide bonds. The molecule has 0 saturated carbocycles. The van der Waals surface area contributed by atoms with Gasteiger partial charge in [-0.15, -0.1) is 0 Å². The molecule has 0 radical (unpaired) electrons. The van der Waals surface area contributed by atoms with Gasteiger partial charge in [0.25, 0.3) is 0 Å². The number of benzene rings is 1. The molecular formula is C19H28BNO3.